The van der Waals surface area contributed by atoms with Crippen molar-refractivity contribution in [2.24, 2.45) is 16.8 Å². The second-order valence-electron chi connectivity index (χ2n) is 9.71. The van der Waals surface area contributed by atoms with Crippen molar-refractivity contribution in [3.05, 3.63) is 89.2 Å². The number of nitrogens with zero attached hydrogens (tertiary/aromatic N) is 1. The molecule has 2 aromatic carbocycles. The van der Waals surface area contributed by atoms with Crippen LogP contribution in [0, 0.1) is 23.9 Å². The summed E-state index contributed by atoms with van der Waals surface area (Å²) in [5.41, 5.74) is 7.98. The van der Waals surface area contributed by atoms with Gasteiger partial charge in [-0.2, -0.15) is 0 Å². The van der Waals surface area contributed by atoms with Crippen molar-refractivity contribution in [1.82, 2.24) is 0 Å². The van der Waals surface area contributed by atoms with Crippen LogP contribution in [0.3, 0.4) is 0 Å². The highest BCUT2D eigenvalue weighted by Gasteiger charge is 2.42. The molecule has 166 valence electrons. The number of ether oxygens (including phenoxy) is 1. The first-order valence-corrected chi connectivity index (χ1v) is 12.0. The summed E-state index contributed by atoms with van der Waals surface area (Å²) in [5, 5.41) is 3.64. The number of nitrogens with one attached hydrogen (secondary N) is 1. The normalized spacial score (nSPS) is 22.6. The summed E-state index contributed by atoms with van der Waals surface area (Å²) in [6.07, 6.45) is 14.2. The molecule has 2 atom stereocenters. The average molecular weight is 440 g/mol. The smallest absolute Gasteiger partial charge is 0.296 e. The first kappa shape index (κ1) is 20.4. The van der Waals surface area contributed by atoms with Crippen molar-refractivity contribution in [1.29, 1.82) is 0 Å². The van der Waals surface area contributed by atoms with Crippen LogP contribution in [-0.2, 0) is 6.42 Å². The van der Waals surface area contributed by atoms with E-state index in [4.69, 9.17) is 4.74 Å². The van der Waals surface area contributed by atoms with Crippen LogP contribution in [0.15, 0.2) is 65.4 Å². The van der Waals surface area contributed by atoms with E-state index in [2.05, 4.69) is 41.3 Å². The number of aliphatic imine (C=N–C) groups is 1. The lowest BCUT2D eigenvalue weighted by atomic mass is 9.79. The van der Waals surface area contributed by atoms with Gasteiger partial charge < -0.3 is 5.32 Å². The van der Waals surface area contributed by atoms with Crippen LogP contribution in [-0.4, -0.2) is 6.21 Å². The van der Waals surface area contributed by atoms with E-state index in [9.17, 15) is 4.39 Å². The quantitative estimate of drug-likeness (QED) is 0.349. The Hall–Kier alpha value is -3.23. The van der Waals surface area contributed by atoms with Gasteiger partial charge in [0.1, 0.15) is 11.4 Å². The molecule has 3 nitrogen and oxygen atoms in total. The maximum Gasteiger partial charge on any atom is 0.296 e. The Kier molecular flexibility index (Phi) is 5.11. The molecule has 4 aliphatic rings. The SMILES string of the molecule is C=[C+]Oc1cc(NC(Cc2ccc(F)c(C3CCC3)c2)=C2CC2)ccc1C1=CN=CC2CC12. The Balaban J connectivity index is 1.25. The average Bonchev–Trinajstić information content (AvgIpc) is 3.68. The summed E-state index contributed by atoms with van der Waals surface area (Å²) < 4.78 is 20.1. The lowest BCUT2D eigenvalue weighted by molar-refractivity contribution is 0.404. The van der Waals surface area contributed by atoms with Gasteiger partial charge in [-0.15, -0.1) is 0 Å². The van der Waals surface area contributed by atoms with Gasteiger partial charge in [0, 0.05) is 36.0 Å². The molecule has 3 saturated carbocycles. The van der Waals surface area contributed by atoms with E-state index in [1.165, 1.54) is 23.3 Å². The first-order chi connectivity index (χ1) is 16.2. The molecule has 0 bridgehead atoms. The van der Waals surface area contributed by atoms with Gasteiger partial charge in [0.2, 0.25) is 0 Å². The fourth-order valence-electron chi connectivity index (χ4n) is 5.07. The van der Waals surface area contributed by atoms with Crippen LogP contribution in [0.5, 0.6) is 5.75 Å². The van der Waals surface area contributed by atoms with Crippen LogP contribution < -0.4 is 10.1 Å². The molecule has 0 radical (unpaired) electrons. The molecule has 3 aliphatic carbocycles. The molecule has 33 heavy (non-hydrogen) atoms. The minimum absolute atomic E-state index is 0.0608. The predicted octanol–water partition coefficient (Wildman–Crippen LogP) is 7.18. The summed E-state index contributed by atoms with van der Waals surface area (Å²) in [4.78, 5) is 4.42. The molecule has 1 aliphatic heterocycles. The van der Waals surface area contributed by atoms with Crippen molar-refractivity contribution in [2.75, 3.05) is 5.32 Å². The molecule has 2 unspecified atom stereocenters. The molecule has 0 spiro atoms. The number of rotatable bonds is 8. The zero-order valence-electron chi connectivity index (χ0n) is 18.7. The number of fused-ring (bicyclic) bond motifs is 1. The van der Waals surface area contributed by atoms with E-state index >= 15 is 0 Å². The molecule has 0 amide bonds. The number of benzene rings is 2. The molecular formula is C29H28FN2O+. The molecule has 0 saturated heterocycles. The highest BCUT2D eigenvalue weighted by Crippen LogP contribution is 2.51. The topological polar surface area (TPSA) is 33.6 Å². The van der Waals surface area contributed by atoms with Gasteiger partial charge in [0.05, 0.1) is 18.3 Å². The third-order valence-electron chi connectivity index (χ3n) is 7.41. The van der Waals surface area contributed by atoms with Crippen molar-refractivity contribution < 1.29 is 9.13 Å². The largest absolute Gasteiger partial charge is 0.357 e. The Morgan fingerprint density at radius 1 is 1.18 bits per heavy atom. The number of halogens is 1. The molecule has 6 rings (SSSR count). The zero-order valence-corrected chi connectivity index (χ0v) is 18.7. The van der Waals surface area contributed by atoms with Crippen molar-refractivity contribution >= 4 is 17.5 Å². The maximum absolute atomic E-state index is 14.4. The Morgan fingerprint density at radius 2 is 2.06 bits per heavy atom. The van der Waals surface area contributed by atoms with Gasteiger partial charge >= 0.3 is 0 Å². The van der Waals surface area contributed by atoms with Gasteiger partial charge in [0.25, 0.3) is 12.0 Å². The van der Waals surface area contributed by atoms with E-state index in [1.807, 2.05) is 24.5 Å². The number of anilines is 1. The van der Waals surface area contributed by atoms with E-state index in [0.717, 1.165) is 66.7 Å². The third kappa shape index (κ3) is 4.12. The predicted molar refractivity (Wildman–Crippen MR) is 131 cm³/mol. The molecule has 0 aromatic heterocycles. The Bertz CT molecular complexity index is 1200. The fourth-order valence-corrected chi connectivity index (χ4v) is 5.07. The monoisotopic (exact) mass is 439 g/mol. The standard InChI is InChI=1S/C29H28FN2O/c1-2-33-29-15-22(9-10-23(29)26-17-31-16-21-14-24(21)26)32-28(20-7-8-20)13-18-6-11-27(30)25(12-18)19-4-3-5-19/h6,9-12,15-17,19,21,24,32H,1,3-5,7-8,13-14H2/q+1. The second-order valence-corrected chi connectivity index (χ2v) is 9.71. The molecule has 3 fully saturated rings. The van der Waals surface area contributed by atoms with Crippen LogP contribution in [0.4, 0.5) is 10.1 Å². The van der Waals surface area contributed by atoms with Crippen LogP contribution in [0.2, 0.25) is 0 Å². The zero-order chi connectivity index (χ0) is 22.4. The Morgan fingerprint density at radius 3 is 2.82 bits per heavy atom. The lowest BCUT2D eigenvalue weighted by Gasteiger charge is -2.26. The van der Waals surface area contributed by atoms with Crippen LogP contribution in [0.25, 0.3) is 5.57 Å². The van der Waals surface area contributed by atoms with E-state index in [0.29, 0.717) is 17.8 Å². The first-order valence-electron chi connectivity index (χ1n) is 12.0. The second kappa shape index (κ2) is 8.28. The lowest BCUT2D eigenvalue weighted by Crippen LogP contribution is -2.11. The molecule has 1 heterocycles. The number of allylic oxidation sites excluding steroid dienone is 3. The third-order valence-corrected chi connectivity index (χ3v) is 7.41. The van der Waals surface area contributed by atoms with Crippen molar-refractivity contribution in [3.8, 4) is 5.75 Å². The number of hydrogen-bond acceptors (Lipinski definition) is 3. The Labute approximate surface area is 194 Å². The van der Waals surface area contributed by atoms with Crippen molar-refractivity contribution in [3.63, 3.8) is 0 Å². The minimum atomic E-state index is -0.0608. The number of hydrogen-bond donors (Lipinski definition) is 1. The van der Waals surface area contributed by atoms with Gasteiger partial charge in [-0.1, -0.05) is 18.6 Å². The highest BCUT2D eigenvalue weighted by molar-refractivity contribution is 5.84. The molecule has 2 aromatic rings. The van der Waals surface area contributed by atoms with Crippen molar-refractivity contribution in [2.45, 2.75) is 50.9 Å². The summed E-state index contributed by atoms with van der Waals surface area (Å²) in [6.45, 7) is 3.64. The summed E-state index contributed by atoms with van der Waals surface area (Å²) in [5.74, 6) is 2.19. The maximum atomic E-state index is 14.4. The summed E-state index contributed by atoms with van der Waals surface area (Å²) >= 11 is 0. The summed E-state index contributed by atoms with van der Waals surface area (Å²) in [7, 11) is 0. The van der Waals surface area contributed by atoms with Gasteiger partial charge in [-0.05, 0) is 78.8 Å². The highest BCUT2D eigenvalue weighted by atomic mass is 19.1. The fraction of sp³-hybridized carbons (Fsp3) is 0.345. The minimum Gasteiger partial charge on any atom is -0.357 e. The van der Waals surface area contributed by atoms with Crippen LogP contribution in [0.1, 0.15) is 61.1 Å². The van der Waals surface area contributed by atoms with Gasteiger partial charge in [-0.25, -0.2) is 9.13 Å². The van der Waals surface area contributed by atoms with E-state index in [-0.39, 0.29) is 5.82 Å². The molecular weight excluding hydrogens is 411 g/mol. The van der Waals surface area contributed by atoms with E-state index in [1.54, 1.807) is 6.07 Å². The summed E-state index contributed by atoms with van der Waals surface area (Å²) in [6, 6.07) is 11.9. The molecule has 1 N–H and O–H groups in total. The van der Waals surface area contributed by atoms with E-state index < -0.39 is 0 Å². The molecule has 4 heteroatoms. The van der Waals surface area contributed by atoms with Crippen LogP contribution >= 0.6 is 0 Å². The van der Waals surface area contributed by atoms with Gasteiger partial charge in [0.15, 0.2) is 0 Å². The van der Waals surface area contributed by atoms with Gasteiger partial charge in [-0.3, -0.25) is 4.99 Å².